The second-order valence-electron chi connectivity index (χ2n) is 7.35. The standard InChI is InChI=1S/C17H27NO2S/c1-12-7-8-14(19)13(9-12)18-15(20)10-21-17(5,6)11-16(2,3)4/h7-9,19H,10-11H2,1-6H3,(H,18,20). The van der Waals surface area contributed by atoms with Crippen molar-refractivity contribution < 1.29 is 9.90 Å². The molecule has 0 atom stereocenters. The molecule has 0 fully saturated rings. The van der Waals surface area contributed by atoms with E-state index in [1.165, 1.54) is 0 Å². The topological polar surface area (TPSA) is 49.3 Å². The lowest BCUT2D eigenvalue weighted by molar-refractivity contribution is -0.113. The third-order valence-corrected chi connectivity index (χ3v) is 4.31. The summed E-state index contributed by atoms with van der Waals surface area (Å²) in [5, 5.41) is 12.5. The molecule has 0 radical (unpaired) electrons. The van der Waals surface area contributed by atoms with Gasteiger partial charge in [-0.2, -0.15) is 0 Å². The number of thioether (sulfide) groups is 1. The number of rotatable bonds is 5. The molecule has 21 heavy (non-hydrogen) atoms. The SMILES string of the molecule is Cc1ccc(O)c(NC(=O)CSC(C)(C)CC(C)(C)C)c1. The second kappa shape index (κ2) is 6.73. The van der Waals surface area contributed by atoms with Crippen LogP contribution < -0.4 is 5.32 Å². The molecule has 0 heterocycles. The molecular weight excluding hydrogens is 282 g/mol. The van der Waals surface area contributed by atoms with Crippen molar-refractivity contribution in [1.29, 1.82) is 0 Å². The van der Waals surface area contributed by atoms with Crippen molar-refractivity contribution in [1.82, 2.24) is 0 Å². The zero-order chi connectivity index (χ0) is 16.3. The molecule has 0 bridgehead atoms. The fourth-order valence-corrected chi connectivity index (χ4v) is 3.65. The summed E-state index contributed by atoms with van der Waals surface area (Å²) >= 11 is 1.65. The molecule has 3 nitrogen and oxygen atoms in total. The monoisotopic (exact) mass is 309 g/mol. The normalized spacial score (nSPS) is 12.3. The fraction of sp³-hybridized carbons (Fsp3) is 0.588. The molecule has 0 aliphatic carbocycles. The number of benzene rings is 1. The highest BCUT2D eigenvalue weighted by atomic mass is 32.2. The molecule has 0 saturated carbocycles. The van der Waals surface area contributed by atoms with Crippen molar-refractivity contribution >= 4 is 23.4 Å². The maximum atomic E-state index is 12.0. The molecule has 2 N–H and O–H groups in total. The maximum Gasteiger partial charge on any atom is 0.234 e. The number of nitrogens with one attached hydrogen (secondary N) is 1. The molecule has 0 saturated heterocycles. The van der Waals surface area contributed by atoms with Gasteiger partial charge in [0, 0.05) is 4.75 Å². The summed E-state index contributed by atoms with van der Waals surface area (Å²) in [5.74, 6) is 0.409. The molecule has 0 spiro atoms. The summed E-state index contributed by atoms with van der Waals surface area (Å²) in [7, 11) is 0. The largest absolute Gasteiger partial charge is 0.506 e. The van der Waals surface area contributed by atoms with Gasteiger partial charge in [-0.25, -0.2) is 0 Å². The Morgan fingerprint density at radius 3 is 2.43 bits per heavy atom. The van der Waals surface area contributed by atoms with Gasteiger partial charge in [0.2, 0.25) is 5.91 Å². The third kappa shape index (κ3) is 6.89. The minimum Gasteiger partial charge on any atom is -0.506 e. The fourth-order valence-electron chi connectivity index (χ4n) is 2.53. The number of phenolic OH excluding ortho intramolecular Hbond substituents is 1. The van der Waals surface area contributed by atoms with E-state index in [-0.39, 0.29) is 21.8 Å². The first-order valence-electron chi connectivity index (χ1n) is 7.22. The van der Waals surface area contributed by atoms with E-state index < -0.39 is 0 Å². The summed E-state index contributed by atoms with van der Waals surface area (Å²) in [4.78, 5) is 12.0. The Morgan fingerprint density at radius 2 is 1.86 bits per heavy atom. The molecule has 1 aromatic rings. The van der Waals surface area contributed by atoms with Crippen LogP contribution in [0.3, 0.4) is 0 Å². The van der Waals surface area contributed by atoms with Gasteiger partial charge in [0.1, 0.15) is 5.75 Å². The molecule has 4 heteroatoms. The van der Waals surface area contributed by atoms with Gasteiger partial charge in [0.15, 0.2) is 0 Å². The van der Waals surface area contributed by atoms with Crippen LogP contribution in [0.1, 0.15) is 46.6 Å². The van der Waals surface area contributed by atoms with Gasteiger partial charge in [-0.3, -0.25) is 4.79 Å². The summed E-state index contributed by atoms with van der Waals surface area (Å²) in [5.41, 5.74) is 1.72. The zero-order valence-corrected chi connectivity index (χ0v) is 14.7. The van der Waals surface area contributed by atoms with Gasteiger partial charge in [0.05, 0.1) is 11.4 Å². The molecular formula is C17H27NO2S. The van der Waals surface area contributed by atoms with Gasteiger partial charge in [-0.1, -0.05) is 40.7 Å². The number of aryl methyl sites for hydroxylation is 1. The van der Waals surface area contributed by atoms with Gasteiger partial charge in [-0.15, -0.1) is 11.8 Å². The zero-order valence-electron chi connectivity index (χ0n) is 13.9. The predicted molar refractivity (Wildman–Crippen MR) is 92.1 cm³/mol. The van der Waals surface area contributed by atoms with Crippen molar-refractivity contribution in [2.24, 2.45) is 5.41 Å². The molecule has 1 amide bonds. The number of anilines is 1. The van der Waals surface area contributed by atoms with E-state index in [1.807, 2.05) is 13.0 Å². The third-order valence-electron chi connectivity index (χ3n) is 2.98. The first kappa shape index (κ1) is 17.9. The van der Waals surface area contributed by atoms with Crippen LogP contribution in [0, 0.1) is 12.3 Å². The van der Waals surface area contributed by atoms with E-state index in [9.17, 15) is 9.90 Å². The first-order valence-corrected chi connectivity index (χ1v) is 8.20. The average Bonchev–Trinajstić information content (AvgIpc) is 2.28. The van der Waals surface area contributed by atoms with E-state index in [2.05, 4.69) is 39.9 Å². The van der Waals surface area contributed by atoms with Crippen molar-refractivity contribution in [2.75, 3.05) is 11.1 Å². The highest BCUT2D eigenvalue weighted by molar-refractivity contribution is 8.01. The number of amides is 1. The lowest BCUT2D eigenvalue weighted by Gasteiger charge is -2.31. The smallest absolute Gasteiger partial charge is 0.234 e. The van der Waals surface area contributed by atoms with E-state index in [4.69, 9.17) is 0 Å². The Labute approximate surface area is 132 Å². The van der Waals surface area contributed by atoms with Crippen LogP contribution in [-0.4, -0.2) is 21.5 Å². The second-order valence-corrected chi connectivity index (χ2v) is 9.04. The van der Waals surface area contributed by atoms with Crippen molar-refractivity contribution in [3.63, 3.8) is 0 Å². The number of carbonyl (C=O) groups excluding carboxylic acids is 1. The lowest BCUT2D eigenvalue weighted by Crippen LogP contribution is -2.26. The number of carbonyl (C=O) groups is 1. The Kier molecular flexibility index (Phi) is 5.74. The van der Waals surface area contributed by atoms with Crippen LogP contribution in [0.25, 0.3) is 0 Å². The highest BCUT2D eigenvalue weighted by Gasteiger charge is 2.26. The minimum atomic E-state index is -0.0807. The lowest BCUT2D eigenvalue weighted by atomic mass is 9.86. The Bertz CT molecular complexity index is 504. The molecule has 118 valence electrons. The van der Waals surface area contributed by atoms with E-state index in [0.717, 1.165) is 12.0 Å². The number of hydrogen-bond donors (Lipinski definition) is 2. The Balaban J connectivity index is 2.56. The highest BCUT2D eigenvalue weighted by Crippen LogP contribution is 2.36. The van der Waals surface area contributed by atoms with Crippen LogP contribution in [0.5, 0.6) is 5.75 Å². The summed E-state index contributed by atoms with van der Waals surface area (Å²) in [6.45, 7) is 12.9. The Hall–Kier alpha value is -1.16. The minimum absolute atomic E-state index is 0.0459. The van der Waals surface area contributed by atoms with Gasteiger partial charge >= 0.3 is 0 Å². The number of hydrogen-bond acceptors (Lipinski definition) is 3. The summed E-state index contributed by atoms with van der Waals surface area (Å²) in [6, 6.07) is 5.19. The predicted octanol–water partition coefficient (Wildman–Crippen LogP) is 4.59. The molecule has 0 aromatic heterocycles. The average molecular weight is 309 g/mol. The molecule has 1 rings (SSSR count). The van der Waals surface area contributed by atoms with Gasteiger partial charge in [0.25, 0.3) is 0 Å². The van der Waals surface area contributed by atoms with Gasteiger partial charge < -0.3 is 10.4 Å². The van der Waals surface area contributed by atoms with Crippen LogP contribution in [0.4, 0.5) is 5.69 Å². The van der Waals surface area contributed by atoms with E-state index in [0.29, 0.717) is 11.4 Å². The molecule has 0 aliphatic heterocycles. The molecule has 0 unspecified atom stereocenters. The van der Waals surface area contributed by atoms with Crippen LogP contribution in [-0.2, 0) is 4.79 Å². The van der Waals surface area contributed by atoms with Crippen LogP contribution >= 0.6 is 11.8 Å². The van der Waals surface area contributed by atoms with Crippen LogP contribution in [0.2, 0.25) is 0 Å². The summed E-state index contributed by atoms with van der Waals surface area (Å²) in [6.07, 6.45) is 1.04. The van der Waals surface area contributed by atoms with Crippen LogP contribution in [0.15, 0.2) is 18.2 Å². The van der Waals surface area contributed by atoms with Crippen molar-refractivity contribution in [2.45, 2.75) is 52.7 Å². The first-order chi connectivity index (χ1) is 9.48. The number of phenols is 1. The van der Waals surface area contributed by atoms with Crippen molar-refractivity contribution in [3.05, 3.63) is 23.8 Å². The van der Waals surface area contributed by atoms with E-state index >= 15 is 0 Å². The van der Waals surface area contributed by atoms with E-state index in [1.54, 1.807) is 23.9 Å². The number of aromatic hydroxyl groups is 1. The summed E-state index contributed by atoms with van der Waals surface area (Å²) < 4.78 is 0.0459. The Morgan fingerprint density at radius 1 is 1.24 bits per heavy atom. The van der Waals surface area contributed by atoms with Crippen molar-refractivity contribution in [3.8, 4) is 5.75 Å². The maximum absolute atomic E-state index is 12.0. The molecule has 1 aromatic carbocycles. The molecule has 0 aliphatic rings. The van der Waals surface area contributed by atoms with Gasteiger partial charge in [-0.05, 0) is 36.5 Å². The quantitative estimate of drug-likeness (QED) is 0.782.